The Balaban J connectivity index is 1.23. The van der Waals surface area contributed by atoms with Crippen molar-refractivity contribution in [3.8, 4) is 33.9 Å². The van der Waals surface area contributed by atoms with Gasteiger partial charge in [0.25, 0.3) is 0 Å². The summed E-state index contributed by atoms with van der Waals surface area (Å²) >= 11 is 0. The zero-order chi connectivity index (χ0) is 27.1. The van der Waals surface area contributed by atoms with Crippen molar-refractivity contribution in [3.63, 3.8) is 0 Å². The number of H-pyrrole nitrogens is 2. The average molecular weight is 530 g/mol. The van der Waals surface area contributed by atoms with Crippen LogP contribution in [0.2, 0.25) is 0 Å². The Hall–Kier alpha value is -4.85. The van der Waals surface area contributed by atoms with E-state index in [1.165, 1.54) is 44.2 Å². The fraction of sp³-hybridized carbons (Fsp3) is 0.188. The molecular weight excluding hydrogens is 501 g/mol. The fourth-order valence-corrected chi connectivity index (χ4v) is 5.67. The van der Waals surface area contributed by atoms with E-state index in [-0.39, 0.29) is 5.82 Å². The van der Waals surface area contributed by atoms with E-state index in [0.717, 1.165) is 38.9 Å². The minimum Gasteiger partial charge on any atom is -0.358 e. The van der Waals surface area contributed by atoms with Crippen molar-refractivity contribution in [2.24, 2.45) is 5.92 Å². The molecule has 0 amide bonds. The summed E-state index contributed by atoms with van der Waals surface area (Å²) in [6.07, 6.45) is 11.7. The van der Waals surface area contributed by atoms with Gasteiger partial charge in [-0.3, -0.25) is 15.1 Å². The average Bonchev–Trinajstić information content (AvgIpc) is 3.61. The number of nitrogens with one attached hydrogen (secondary N) is 3. The molecule has 4 heterocycles. The minimum absolute atomic E-state index is 0.315. The molecule has 1 fully saturated rings. The third-order valence-electron chi connectivity index (χ3n) is 7.76. The van der Waals surface area contributed by atoms with Gasteiger partial charge in [0, 0.05) is 34.6 Å². The van der Waals surface area contributed by atoms with E-state index in [4.69, 9.17) is 4.98 Å². The van der Waals surface area contributed by atoms with Crippen molar-refractivity contribution in [1.29, 1.82) is 0 Å². The van der Waals surface area contributed by atoms with Crippen LogP contribution in [0.15, 0.2) is 85.5 Å². The first-order valence-corrected chi connectivity index (χ1v) is 13.6. The number of benzene rings is 2. The first-order valence-electron chi connectivity index (χ1n) is 13.6. The molecule has 8 heteroatoms. The van der Waals surface area contributed by atoms with Crippen LogP contribution >= 0.6 is 0 Å². The number of imidazole rings is 1. The van der Waals surface area contributed by atoms with Crippen LogP contribution in [-0.2, 0) is 0 Å². The van der Waals surface area contributed by atoms with Crippen LogP contribution in [0.4, 0.5) is 10.1 Å². The minimum atomic E-state index is -0.315. The highest BCUT2D eigenvalue weighted by Gasteiger charge is 2.18. The highest BCUT2D eigenvalue weighted by atomic mass is 19.1. The molecular formula is C32H28FN7. The topological polar surface area (TPSA) is 95.2 Å². The van der Waals surface area contributed by atoms with Gasteiger partial charge in [0.2, 0.25) is 0 Å². The summed E-state index contributed by atoms with van der Waals surface area (Å²) in [4.78, 5) is 17.2. The molecule has 0 spiro atoms. The molecule has 1 aliphatic rings. The van der Waals surface area contributed by atoms with E-state index in [9.17, 15) is 4.39 Å². The van der Waals surface area contributed by atoms with E-state index in [0.29, 0.717) is 34.2 Å². The molecule has 7 nitrogen and oxygen atoms in total. The van der Waals surface area contributed by atoms with E-state index in [1.807, 2.05) is 30.6 Å². The Morgan fingerprint density at radius 1 is 0.900 bits per heavy atom. The van der Waals surface area contributed by atoms with Crippen molar-refractivity contribution in [1.82, 2.24) is 30.1 Å². The molecule has 7 rings (SSSR count). The van der Waals surface area contributed by atoms with Gasteiger partial charge in [0.15, 0.2) is 5.82 Å². The SMILES string of the molecule is C=C(Nc1cncc(-c2ccc3[nH]nc(-c4nc5c(-c6cccc(F)c6)nccc5[nH]4)c3c2)c1)C1CCCCC1. The highest BCUT2D eigenvalue weighted by Crippen LogP contribution is 2.34. The third kappa shape index (κ3) is 4.51. The Kier molecular flexibility index (Phi) is 6.07. The second kappa shape index (κ2) is 10.0. The summed E-state index contributed by atoms with van der Waals surface area (Å²) in [7, 11) is 0. The Labute approximate surface area is 230 Å². The number of aromatic nitrogens is 6. The Bertz CT molecular complexity index is 1860. The van der Waals surface area contributed by atoms with Gasteiger partial charge in [-0.1, -0.05) is 44.0 Å². The summed E-state index contributed by atoms with van der Waals surface area (Å²) in [5.74, 6) is 0.814. The number of allylic oxidation sites excluding steroid dienone is 1. The molecule has 1 aliphatic carbocycles. The van der Waals surface area contributed by atoms with Crippen LogP contribution < -0.4 is 5.32 Å². The number of hydrogen-bond donors (Lipinski definition) is 3. The monoisotopic (exact) mass is 529 g/mol. The predicted molar refractivity (Wildman–Crippen MR) is 157 cm³/mol. The Morgan fingerprint density at radius 2 is 1.80 bits per heavy atom. The summed E-state index contributed by atoms with van der Waals surface area (Å²) in [5, 5.41) is 12.1. The largest absolute Gasteiger partial charge is 0.358 e. The fourth-order valence-electron chi connectivity index (χ4n) is 5.67. The Morgan fingerprint density at radius 3 is 2.67 bits per heavy atom. The second-order valence-corrected chi connectivity index (χ2v) is 10.4. The highest BCUT2D eigenvalue weighted by molar-refractivity contribution is 5.97. The van der Waals surface area contributed by atoms with Crippen molar-refractivity contribution < 1.29 is 4.39 Å². The number of halogens is 1. The second-order valence-electron chi connectivity index (χ2n) is 10.4. The summed E-state index contributed by atoms with van der Waals surface area (Å²) in [5.41, 5.74) is 8.38. The molecule has 6 aromatic rings. The number of anilines is 1. The zero-order valence-electron chi connectivity index (χ0n) is 21.9. The number of rotatable bonds is 6. The first kappa shape index (κ1) is 24.2. The molecule has 0 radical (unpaired) electrons. The van der Waals surface area contributed by atoms with E-state index in [2.05, 4.69) is 55.2 Å². The molecule has 4 aromatic heterocycles. The molecule has 0 saturated heterocycles. The van der Waals surface area contributed by atoms with Gasteiger partial charge in [0.1, 0.15) is 17.0 Å². The maximum atomic E-state index is 13.9. The first-order chi connectivity index (χ1) is 19.6. The number of hydrogen-bond acceptors (Lipinski definition) is 5. The standard InChI is InChI=1S/C32H28FN7/c1-19(20-6-3-2-4-7-20)36-25-15-23(17-34-18-25)21-10-11-27-26(16-21)30(40-39-27)32-37-28-12-13-35-29(31(28)38-32)22-8-5-9-24(33)14-22/h5,8-18,20,36H,1-4,6-7H2,(H,37,38)(H,39,40). The zero-order valence-corrected chi connectivity index (χ0v) is 21.9. The molecule has 0 unspecified atom stereocenters. The van der Waals surface area contributed by atoms with E-state index < -0.39 is 0 Å². The quantitative estimate of drug-likeness (QED) is 0.204. The van der Waals surface area contributed by atoms with Crippen LogP contribution in [0.1, 0.15) is 32.1 Å². The lowest BCUT2D eigenvalue weighted by molar-refractivity contribution is 0.405. The normalized spacial score (nSPS) is 14.1. The number of nitrogens with zero attached hydrogens (tertiary/aromatic N) is 4. The third-order valence-corrected chi connectivity index (χ3v) is 7.76. The van der Waals surface area contributed by atoms with Gasteiger partial charge in [-0.25, -0.2) is 9.37 Å². The maximum Gasteiger partial charge on any atom is 0.159 e. The van der Waals surface area contributed by atoms with Crippen LogP contribution in [-0.4, -0.2) is 30.1 Å². The lowest BCUT2D eigenvalue weighted by atomic mass is 9.87. The van der Waals surface area contributed by atoms with Crippen molar-refractivity contribution in [2.45, 2.75) is 32.1 Å². The van der Waals surface area contributed by atoms with Gasteiger partial charge in [0.05, 0.1) is 28.6 Å². The van der Waals surface area contributed by atoms with Gasteiger partial charge < -0.3 is 10.3 Å². The predicted octanol–water partition coefficient (Wildman–Crippen LogP) is 7.88. The molecule has 198 valence electrons. The van der Waals surface area contributed by atoms with Crippen molar-refractivity contribution in [3.05, 3.63) is 91.3 Å². The van der Waals surface area contributed by atoms with Crippen molar-refractivity contribution in [2.75, 3.05) is 5.32 Å². The lowest BCUT2D eigenvalue weighted by Crippen LogP contribution is -2.14. The van der Waals surface area contributed by atoms with Crippen molar-refractivity contribution >= 4 is 27.6 Å². The smallest absolute Gasteiger partial charge is 0.159 e. The van der Waals surface area contributed by atoms with Crippen LogP contribution in [0.5, 0.6) is 0 Å². The molecule has 3 N–H and O–H groups in total. The van der Waals surface area contributed by atoms with Crippen LogP contribution in [0.3, 0.4) is 0 Å². The number of pyridine rings is 2. The van der Waals surface area contributed by atoms with Crippen LogP contribution in [0.25, 0.3) is 55.8 Å². The maximum absolute atomic E-state index is 13.9. The summed E-state index contributed by atoms with van der Waals surface area (Å²) < 4.78 is 13.9. The van der Waals surface area contributed by atoms with Gasteiger partial charge in [-0.05, 0) is 60.7 Å². The molecule has 0 atom stereocenters. The summed E-state index contributed by atoms with van der Waals surface area (Å²) in [6.45, 7) is 4.32. The van der Waals surface area contributed by atoms with E-state index >= 15 is 0 Å². The number of fused-ring (bicyclic) bond motifs is 2. The van der Waals surface area contributed by atoms with E-state index in [1.54, 1.807) is 12.3 Å². The lowest BCUT2D eigenvalue weighted by Gasteiger charge is -2.24. The molecule has 2 aromatic carbocycles. The van der Waals surface area contributed by atoms with Crippen LogP contribution in [0, 0.1) is 11.7 Å². The molecule has 0 aliphatic heterocycles. The molecule has 0 bridgehead atoms. The number of aromatic amines is 2. The summed E-state index contributed by atoms with van der Waals surface area (Å²) in [6, 6.07) is 16.5. The molecule has 1 saturated carbocycles. The van der Waals surface area contributed by atoms with Gasteiger partial charge in [-0.15, -0.1) is 0 Å². The van der Waals surface area contributed by atoms with Gasteiger partial charge in [-0.2, -0.15) is 5.10 Å². The molecule has 40 heavy (non-hydrogen) atoms. The van der Waals surface area contributed by atoms with Gasteiger partial charge >= 0.3 is 0 Å².